The number of benzene rings is 2. The fraction of sp³-hybridized carbons (Fsp3) is 0.348. The van der Waals surface area contributed by atoms with Gasteiger partial charge in [-0.2, -0.15) is 5.26 Å². The lowest BCUT2D eigenvalue weighted by Gasteiger charge is -2.31. The zero-order valence-electron chi connectivity index (χ0n) is 15.9. The van der Waals surface area contributed by atoms with E-state index in [-0.39, 0.29) is 11.9 Å². The molecule has 1 amide bonds. The number of aryl methyl sites for hydroxylation is 1. The van der Waals surface area contributed by atoms with Crippen LogP contribution in [0.3, 0.4) is 0 Å². The smallest absolute Gasteiger partial charge is 0.254 e. The number of imidazole rings is 1. The third kappa shape index (κ3) is 2.60. The predicted octanol–water partition coefficient (Wildman–Crippen LogP) is 4.08. The van der Waals surface area contributed by atoms with Crippen LogP contribution in [0.15, 0.2) is 36.7 Å². The van der Waals surface area contributed by atoms with E-state index in [2.05, 4.69) is 33.1 Å². The number of likely N-dealkylation sites (tertiary alicyclic amines) is 1. The molecule has 5 heteroatoms. The highest BCUT2D eigenvalue weighted by atomic mass is 16.2. The highest BCUT2D eigenvalue weighted by molar-refractivity contribution is 5.97. The summed E-state index contributed by atoms with van der Waals surface area (Å²) < 4.78 is 0. The fourth-order valence-electron chi connectivity index (χ4n) is 4.98. The van der Waals surface area contributed by atoms with Gasteiger partial charge in [-0.15, -0.1) is 0 Å². The van der Waals surface area contributed by atoms with E-state index in [0.717, 1.165) is 54.4 Å². The quantitative estimate of drug-likeness (QED) is 0.701. The molecule has 28 heavy (non-hydrogen) atoms. The summed E-state index contributed by atoms with van der Waals surface area (Å²) in [6.07, 6.45) is 5.75. The molecule has 2 atom stereocenters. The molecular formula is C23H22N4O. The molecule has 5 rings (SSSR count). The summed E-state index contributed by atoms with van der Waals surface area (Å²) in [7, 11) is 0. The van der Waals surface area contributed by atoms with Gasteiger partial charge in [-0.1, -0.05) is 12.5 Å². The van der Waals surface area contributed by atoms with Crippen molar-refractivity contribution in [2.24, 2.45) is 0 Å². The van der Waals surface area contributed by atoms with E-state index < -0.39 is 0 Å². The number of carbonyl (C=O) groups is 1. The predicted molar refractivity (Wildman–Crippen MR) is 107 cm³/mol. The lowest BCUT2D eigenvalue weighted by atomic mass is 9.91. The third-order valence-electron chi connectivity index (χ3n) is 6.39. The van der Waals surface area contributed by atoms with Crippen LogP contribution < -0.4 is 0 Å². The van der Waals surface area contributed by atoms with Crippen molar-refractivity contribution in [1.82, 2.24) is 14.9 Å². The first-order valence-corrected chi connectivity index (χ1v) is 9.93. The molecule has 2 heterocycles. The minimum atomic E-state index is 0.0958. The summed E-state index contributed by atoms with van der Waals surface area (Å²) in [5.74, 6) is 0.420. The summed E-state index contributed by atoms with van der Waals surface area (Å²) in [4.78, 5) is 22.9. The maximum absolute atomic E-state index is 13.4. The van der Waals surface area contributed by atoms with Crippen LogP contribution >= 0.6 is 0 Å². The van der Waals surface area contributed by atoms with Crippen LogP contribution in [0.2, 0.25) is 0 Å². The minimum Gasteiger partial charge on any atom is -0.345 e. The van der Waals surface area contributed by atoms with Crippen molar-refractivity contribution in [3.63, 3.8) is 0 Å². The van der Waals surface area contributed by atoms with Crippen LogP contribution in [-0.4, -0.2) is 33.4 Å². The molecule has 5 nitrogen and oxygen atoms in total. The molecule has 3 aromatic rings. The van der Waals surface area contributed by atoms with E-state index in [1.165, 1.54) is 11.1 Å². The van der Waals surface area contributed by atoms with Gasteiger partial charge >= 0.3 is 0 Å². The molecule has 1 aliphatic heterocycles. The Balaban J connectivity index is 1.51. The van der Waals surface area contributed by atoms with E-state index in [9.17, 15) is 10.1 Å². The number of hydrogen-bond acceptors (Lipinski definition) is 3. The number of nitrogens with one attached hydrogen (secondary N) is 1. The van der Waals surface area contributed by atoms with Gasteiger partial charge < -0.3 is 9.88 Å². The number of hydrogen-bond donors (Lipinski definition) is 1. The lowest BCUT2D eigenvalue weighted by Crippen LogP contribution is -2.42. The van der Waals surface area contributed by atoms with Gasteiger partial charge in [0, 0.05) is 24.1 Å². The highest BCUT2D eigenvalue weighted by Gasteiger charge is 2.40. The molecule has 1 fully saturated rings. The van der Waals surface area contributed by atoms with Gasteiger partial charge in [0.2, 0.25) is 0 Å². The van der Waals surface area contributed by atoms with Crippen LogP contribution in [0.5, 0.6) is 0 Å². The zero-order chi connectivity index (χ0) is 19.3. The maximum Gasteiger partial charge on any atom is 0.254 e. The Labute approximate surface area is 164 Å². The first-order chi connectivity index (χ1) is 13.7. The molecule has 1 aliphatic carbocycles. The van der Waals surface area contributed by atoms with Crippen molar-refractivity contribution in [3.05, 3.63) is 64.5 Å². The van der Waals surface area contributed by atoms with E-state index in [0.29, 0.717) is 11.5 Å². The van der Waals surface area contributed by atoms with Crippen molar-refractivity contribution in [2.45, 2.75) is 44.6 Å². The molecule has 0 unspecified atom stereocenters. The summed E-state index contributed by atoms with van der Waals surface area (Å²) in [6, 6.07) is 12.4. The Bertz CT molecular complexity index is 1120. The second kappa shape index (κ2) is 6.49. The Morgan fingerprint density at radius 3 is 3.04 bits per heavy atom. The number of aromatic amines is 1. The molecule has 0 saturated carbocycles. The van der Waals surface area contributed by atoms with Gasteiger partial charge in [0.25, 0.3) is 5.91 Å². The van der Waals surface area contributed by atoms with Crippen LogP contribution in [-0.2, 0) is 6.42 Å². The van der Waals surface area contributed by atoms with Crippen molar-refractivity contribution in [1.29, 1.82) is 5.26 Å². The standard InChI is InChI=1S/C23H22N4O/c1-14-8-16-11-22-18(19(16)9-17(14)12-24)4-2-3-7-27(22)23(28)15-5-6-20-21(10-15)26-13-25-20/h5-6,8-10,13,18,22H,2-4,7,11H2,1H3,(H,25,26)/t18-,22+/m1/s1. The molecular weight excluding hydrogens is 348 g/mol. The Morgan fingerprint density at radius 1 is 1.29 bits per heavy atom. The van der Waals surface area contributed by atoms with Gasteiger partial charge in [0.15, 0.2) is 0 Å². The average molecular weight is 370 g/mol. The highest BCUT2D eigenvalue weighted by Crippen LogP contribution is 2.42. The van der Waals surface area contributed by atoms with Gasteiger partial charge in [-0.3, -0.25) is 4.79 Å². The van der Waals surface area contributed by atoms with Crippen molar-refractivity contribution in [3.8, 4) is 6.07 Å². The monoisotopic (exact) mass is 370 g/mol. The van der Waals surface area contributed by atoms with Crippen LogP contribution in [0.4, 0.5) is 0 Å². The largest absolute Gasteiger partial charge is 0.345 e. The molecule has 0 spiro atoms. The molecule has 0 radical (unpaired) electrons. The summed E-state index contributed by atoms with van der Waals surface area (Å²) in [5.41, 5.74) is 6.83. The Hall–Kier alpha value is -3.13. The van der Waals surface area contributed by atoms with Crippen LogP contribution in [0.1, 0.15) is 57.8 Å². The topological polar surface area (TPSA) is 72.8 Å². The van der Waals surface area contributed by atoms with E-state index in [1.807, 2.05) is 25.1 Å². The van der Waals surface area contributed by atoms with E-state index in [4.69, 9.17) is 0 Å². The number of carbonyl (C=O) groups excluding carboxylic acids is 1. The van der Waals surface area contributed by atoms with Crippen LogP contribution in [0.25, 0.3) is 11.0 Å². The van der Waals surface area contributed by atoms with Gasteiger partial charge in [0.05, 0.1) is 29.0 Å². The molecule has 0 bridgehead atoms. The Kier molecular flexibility index (Phi) is 3.94. The number of nitrogens with zero attached hydrogens (tertiary/aromatic N) is 3. The Morgan fingerprint density at radius 2 is 2.18 bits per heavy atom. The van der Waals surface area contributed by atoms with Gasteiger partial charge in [0.1, 0.15) is 0 Å². The first-order valence-electron chi connectivity index (χ1n) is 9.93. The van der Waals surface area contributed by atoms with Crippen molar-refractivity contribution < 1.29 is 4.79 Å². The number of H-pyrrole nitrogens is 1. The number of amides is 1. The van der Waals surface area contributed by atoms with E-state index >= 15 is 0 Å². The summed E-state index contributed by atoms with van der Waals surface area (Å²) >= 11 is 0. The summed E-state index contributed by atoms with van der Waals surface area (Å²) in [6.45, 7) is 2.79. The number of fused-ring (bicyclic) bond motifs is 4. The maximum atomic E-state index is 13.4. The molecule has 1 aromatic heterocycles. The minimum absolute atomic E-state index is 0.0958. The number of rotatable bonds is 1. The summed E-state index contributed by atoms with van der Waals surface area (Å²) in [5, 5.41) is 9.44. The molecule has 2 aromatic carbocycles. The second-order valence-electron chi connectivity index (χ2n) is 7.98. The van der Waals surface area contributed by atoms with Crippen LogP contribution in [0, 0.1) is 18.3 Å². The zero-order valence-corrected chi connectivity index (χ0v) is 15.9. The van der Waals surface area contributed by atoms with Gasteiger partial charge in [-0.25, -0.2) is 4.98 Å². The molecule has 140 valence electrons. The van der Waals surface area contributed by atoms with Gasteiger partial charge in [-0.05, 0) is 67.1 Å². The molecule has 2 aliphatic rings. The fourth-order valence-corrected chi connectivity index (χ4v) is 4.98. The first kappa shape index (κ1) is 17.0. The van der Waals surface area contributed by atoms with E-state index in [1.54, 1.807) is 6.33 Å². The normalized spacial score (nSPS) is 21.1. The number of nitriles is 1. The van der Waals surface area contributed by atoms with Crippen molar-refractivity contribution >= 4 is 16.9 Å². The van der Waals surface area contributed by atoms with Crippen molar-refractivity contribution in [2.75, 3.05) is 6.54 Å². The molecule has 1 saturated heterocycles. The third-order valence-corrected chi connectivity index (χ3v) is 6.39. The second-order valence-corrected chi connectivity index (χ2v) is 7.98. The number of aromatic nitrogens is 2. The SMILES string of the molecule is Cc1cc2c(cc1C#N)[C@H]1CCCCN(C(=O)c3ccc4nc[nH]c4c3)[C@H]1C2. The average Bonchev–Trinajstić information content (AvgIpc) is 3.24. The lowest BCUT2D eigenvalue weighted by molar-refractivity contribution is 0.0676. The molecule has 1 N–H and O–H groups in total.